The molecule has 1 amide bonds. The molecule has 96 valence electrons. The van der Waals surface area contributed by atoms with Crippen LogP contribution >= 0.6 is 11.3 Å². The molecule has 2 rings (SSSR count). The van der Waals surface area contributed by atoms with Crippen LogP contribution in [0.15, 0.2) is 17.5 Å². The summed E-state index contributed by atoms with van der Waals surface area (Å²) in [5.41, 5.74) is 0.595. The van der Waals surface area contributed by atoms with E-state index in [2.05, 4.69) is 5.32 Å². The average molecular weight is 265 g/mol. The SMILES string of the molecule is CC(NC(=O)c1csc(C=CC(=O)O)c1)C1CC1. The van der Waals surface area contributed by atoms with Crippen LogP contribution in [-0.2, 0) is 4.79 Å². The fourth-order valence-corrected chi connectivity index (χ4v) is 2.50. The number of aliphatic carboxylic acids is 1. The Hall–Kier alpha value is -1.62. The highest BCUT2D eigenvalue weighted by atomic mass is 32.1. The standard InChI is InChI=1S/C13H15NO3S/c1-8(9-2-3-9)14-13(17)10-6-11(18-7-10)4-5-12(15)16/h4-9H,2-3H2,1H3,(H,14,17)(H,15,16). The van der Waals surface area contributed by atoms with E-state index in [0.717, 1.165) is 11.0 Å². The minimum atomic E-state index is -0.989. The van der Waals surface area contributed by atoms with E-state index < -0.39 is 5.97 Å². The first-order valence-corrected chi connectivity index (χ1v) is 6.74. The first kappa shape index (κ1) is 12.8. The van der Waals surface area contributed by atoms with Crippen molar-refractivity contribution in [3.8, 4) is 0 Å². The molecule has 0 aromatic carbocycles. The summed E-state index contributed by atoms with van der Waals surface area (Å²) < 4.78 is 0. The van der Waals surface area contributed by atoms with Crippen molar-refractivity contribution < 1.29 is 14.7 Å². The van der Waals surface area contributed by atoms with E-state index in [1.807, 2.05) is 6.92 Å². The van der Waals surface area contributed by atoms with E-state index >= 15 is 0 Å². The van der Waals surface area contributed by atoms with E-state index in [0.29, 0.717) is 11.5 Å². The lowest BCUT2D eigenvalue weighted by Crippen LogP contribution is -2.33. The normalized spacial score (nSPS) is 16.7. The van der Waals surface area contributed by atoms with E-state index in [1.54, 1.807) is 11.4 Å². The zero-order valence-corrected chi connectivity index (χ0v) is 10.9. The van der Waals surface area contributed by atoms with Gasteiger partial charge in [-0.05, 0) is 37.8 Å². The Labute approximate surface area is 109 Å². The zero-order valence-electron chi connectivity index (χ0n) is 10.1. The molecule has 5 heteroatoms. The molecule has 1 aromatic heterocycles. The van der Waals surface area contributed by atoms with Crippen molar-refractivity contribution in [2.75, 3.05) is 0 Å². The van der Waals surface area contributed by atoms with Crippen molar-refractivity contribution in [2.45, 2.75) is 25.8 Å². The van der Waals surface area contributed by atoms with Crippen LogP contribution < -0.4 is 5.32 Å². The van der Waals surface area contributed by atoms with Crippen molar-refractivity contribution in [1.29, 1.82) is 0 Å². The molecule has 4 nitrogen and oxygen atoms in total. The summed E-state index contributed by atoms with van der Waals surface area (Å²) in [6, 6.07) is 1.93. The molecule has 1 saturated carbocycles. The lowest BCUT2D eigenvalue weighted by atomic mass is 10.2. The Morgan fingerprint density at radius 3 is 2.89 bits per heavy atom. The number of amides is 1. The third-order valence-electron chi connectivity index (χ3n) is 2.96. The maximum atomic E-state index is 11.9. The quantitative estimate of drug-likeness (QED) is 0.803. The molecule has 1 aromatic rings. The van der Waals surface area contributed by atoms with Crippen LogP contribution in [0.3, 0.4) is 0 Å². The summed E-state index contributed by atoms with van der Waals surface area (Å²) in [4.78, 5) is 23.0. The number of hydrogen-bond acceptors (Lipinski definition) is 3. The molecule has 0 spiro atoms. The van der Waals surface area contributed by atoms with Crippen LogP contribution in [0, 0.1) is 5.92 Å². The molecule has 1 aliphatic rings. The Bertz CT molecular complexity index is 488. The molecule has 0 bridgehead atoms. The van der Waals surface area contributed by atoms with Gasteiger partial charge in [0.15, 0.2) is 0 Å². The number of hydrogen-bond donors (Lipinski definition) is 2. The van der Waals surface area contributed by atoms with Gasteiger partial charge < -0.3 is 10.4 Å². The second-order valence-corrected chi connectivity index (χ2v) is 5.45. The lowest BCUT2D eigenvalue weighted by Gasteiger charge is -2.11. The molecular formula is C13H15NO3S. The third-order valence-corrected chi connectivity index (χ3v) is 3.86. The Morgan fingerprint density at radius 1 is 1.56 bits per heavy atom. The number of nitrogens with one attached hydrogen (secondary N) is 1. The van der Waals surface area contributed by atoms with Crippen LogP contribution in [0.5, 0.6) is 0 Å². The molecule has 1 atom stereocenters. The maximum absolute atomic E-state index is 11.9. The topological polar surface area (TPSA) is 66.4 Å². The summed E-state index contributed by atoms with van der Waals surface area (Å²) in [6.07, 6.45) is 4.95. The van der Waals surface area contributed by atoms with Gasteiger partial charge in [0, 0.05) is 22.4 Å². The fraction of sp³-hybridized carbons (Fsp3) is 0.385. The van der Waals surface area contributed by atoms with Crippen LogP contribution in [0.2, 0.25) is 0 Å². The first-order valence-electron chi connectivity index (χ1n) is 5.86. The highest BCUT2D eigenvalue weighted by molar-refractivity contribution is 7.11. The monoisotopic (exact) mass is 265 g/mol. The van der Waals surface area contributed by atoms with Crippen LogP contribution in [-0.4, -0.2) is 23.0 Å². The fourth-order valence-electron chi connectivity index (χ4n) is 1.72. The van der Waals surface area contributed by atoms with Gasteiger partial charge in [-0.25, -0.2) is 4.79 Å². The van der Waals surface area contributed by atoms with Crippen molar-refractivity contribution in [3.63, 3.8) is 0 Å². The Kier molecular flexibility index (Phi) is 3.81. The van der Waals surface area contributed by atoms with Crippen LogP contribution in [0.1, 0.15) is 35.0 Å². The van der Waals surface area contributed by atoms with Gasteiger partial charge in [-0.3, -0.25) is 4.79 Å². The van der Waals surface area contributed by atoms with E-state index in [1.165, 1.54) is 30.3 Å². The molecule has 0 aliphatic heterocycles. The summed E-state index contributed by atoms with van der Waals surface area (Å²) in [5, 5.41) is 13.2. The maximum Gasteiger partial charge on any atom is 0.328 e. The summed E-state index contributed by atoms with van der Waals surface area (Å²) in [6.45, 7) is 2.02. The number of thiophene rings is 1. The largest absolute Gasteiger partial charge is 0.478 e. The second-order valence-electron chi connectivity index (χ2n) is 4.51. The summed E-state index contributed by atoms with van der Waals surface area (Å²) in [7, 11) is 0. The highest BCUT2D eigenvalue weighted by Crippen LogP contribution is 2.32. The first-order chi connectivity index (χ1) is 8.56. The predicted octanol–water partition coefficient (Wildman–Crippen LogP) is 2.37. The van der Waals surface area contributed by atoms with Crippen molar-refractivity contribution in [2.24, 2.45) is 5.92 Å². The van der Waals surface area contributed by atoms with E-state index in [4.69, 9.17) is 5.11 Å². The smallest absolute Gasteiger partial charge is 0.328 e. The van der Waals surface area contributed by atoms with Gasteiger partial charge in [0.05, 0.1) is 5.56 Å². The highest BCUT2D eigenvalue weighted by Gasteiger charge is 2.29. The number of carbonyl (C=O) groups is 2. The van der Waals surface area contributed by atoms with E-state index in [-0.39, 0.29) is 11.9 Å². The minimum absolute atomic E-state index is 0.0828. The predicted molar refractivity (Wildman–Crippen MR) is 70.6 cm³/mol. The third kappa shape index (κ3) is 3.43. The number of carbonyl (C=O) groups excluding carboxylic acids is 1. The number of carboxylic acid groups (broad SMARTS) is 1. The van der Waals surface area contributed by atoms with Gasteiger partial charge in [0.25, 0.3) is 5.91 Å². The second kappa shape index (κ2) is 5.35. The molecule has 1 unspecified atom stereocenters. The molecule has 2 N–H and O–H groups in total. The molecule has 1 heterocycles. The van der Waals surface area contributed by atoms with Crippen LogP contribution in [0.25, 0.3) is 6.08 Å². The van der Waals surface area contributed by atoms with Crippen LogP contribution in [0.4, 0.5) is 0 Å². The van der Waals surface area contributed by atoms with Gasteiger partial charge in [-0.1, -0.05) is 0 Å². The van der Waals surface area contributed by atoms with Crippen molar-refractivity contribution in [3.05, 3.63) is 28.0 Å². The van der Waals surface area contributed by atoms with Gasteiger partial charge in [0.1, 0.15) is 0 Å². The Morgan fingerprint density at radius 2 is 2.28 bits per heavy atom. The molecular weight excluding hydrogens is 250 g/mol. The van der Waals surface area contributed by atoms with Crippen molar-refractivity contribution in [1.82, 2.24) is 5.32 Å². The molecule has 18 heavy (non-hydrogen) atoms. The number of rotatable bonds is 5. The number of carboxylic acids is 1. The zero-order chi connectivity index (χ0) is 13.1. The van der Waals surface area contributed by atoms with Gasteiger partial charge in [-0.15, -0.1) is 11.3 Å². The lowest BCUT2D eigenvalue weighted by molar-refractivity contribution is -0.131. The summed E-state index contributed by atoms with van der Waals surface area (Å²) in [5.74, 6) is -0.448. The van der Waals surface area contributed by atoms with E-state index in [9.17, 15) is 9.59 Å². The molecule has 1 aliphatic carbocycles. The summed E-state index contributed by atoms with van der Waals surface area (Å²) >= 11 is 1.36. The average Bonchev–Trinajstić information content (AvgIpc) is 3.05. The Balaban J connectivity index is 1.96. The van der Waals surface area contributed by atoms with Gasteiger partial charge in [0.2, 0.25) is 0 Å². The molecule has 0 radical (unpaired) electrons. The van der Waals surface area contributed by atoms with Crippen molar-refractivity contribution >= 4 is 29.3 Å². The molecule has 0 saturated heterocycles. The van der Waals surface area contributed by atoms with Gasteiger partial charge >= 0.3 is 5.97 Å². The minimum Gasteiger partial charge on any atom is -0.478 e. The van der Waals surface area contributed by atoms with Gasteiger partial charge in [-0.2, -0.15) is 0 Å². The molecule has 1 fully saturated rings.